The molecule has 0 aromatic heterocycles. The number of benzene rings is 1. The van der Waals surface area contributed by atoms with Crippen LogP contribution in [0.4, 0.5) is 8.78 Å². The first-order valence-electron chi connectivity index (χ1n) is 6.87. The molecule has 3 heteroatoms. The molecule has 108 valence electrons. The number of halogens is 2. The summed E-state index contributed by atoms with van der Waals surface area (Å²) in [5.41, 5.74) is 6.69. The molecular weight excluding hydrogens is 244 g/mol. The third kappa shape index (κ3) is 6.15. The first-order valence-corrected chi connectivity index (χ1v) is 6.87. The average Bonchev–Trinajstić information content (AvgIpc) is 2.20. The van der Waals surface area contributed by atoms with E-state index in [1.807, 2.05) is 0 Å². The summed E-state index contributed by atoms with van der Waals surface area (Å²) in [6.07, 6.45) is 2.29. The molecule has 0 heterocycles. The van der Waals surface area contributed by atoms with E-state index >= 15 is 0 Å². The van der Waals surface area contributed by atoms with Gasteiger partial charge in [-0.3, -0.25) is 0 Å². The third-order valence-corrected chi connectivity index (χ3v) is 3.16. The van der Waals surface area contributed by atoms with Gasteiger partial charge in [0.1, 0.15) is 11.6 Å². The van der Waals surface area contributed by atoms with Crippen LogP contribution in [-0.2, 0) is 6.42 Å². The van der Waals surface area contributed by atoms with Crippen LogP contribution < -0.4 is 5.73 Å². The van der Waals surface area contributed by atoms with Crippen molar-refractivity contribution in [1.29, 1.82) is 0 Å². The lowest BCUT2D eigenvalue weighted by Gasteiger charge is -2.25. The van der Waals surface area contributed by atoms with Crippen molar-refractivity contribution in [3.8, 4) is 0 Å². The monoisotopic (exact) mass is 269 g/mol. The summed E-state index contributed by atoms with van der Waals surface area (Å²) in [5, 5.41) is 0. The Morgan fingerprint density at radius 2 is 1.84 bits per heavy atom. The van der Waals surface area contributed by atoms with E-state index in [2.05, 4.69) is 27.7 Å². The summed E-state index contributed by atoms with van der Waals surface area (Å²) in [4.78, 5) is 0. The normalized spacial score (nSPS) is 15.3. The lowest BCUT2D eigenvalue weighted by molar-refractivity contribution is 0.285. The smallest absolute Gasteiger partial charge is 0.126 e. The quantitative estimate of drug-likeness (QED) is 0.847. The fraction of sp³-hybridized carbons (Fsp3) is 0.625. The highest BCUT2D eigenvalue weighted by Crippen LogP contribution is 2.27. The number of nitrogens with two attached hydrogens (primary N) is 1. The molecule has 0 aliphatic heterocycles. The Bertz CT molecular complexity index is 410. The highest BCUT2D eigenvalue weighted by molar-refractivity contribution is 5.19. The van der Waals surface area contributed by atoms with Crippen molar-refractivity contribution in [2.75, 3.05) is 0 Å². The Labute approximate surface area is 115 Å². The predicted molar refractivity (Wildman–Crippen MR) is 75.9 cm³/mol. The molecule has 0 saturated carbocycles. The maximum absolute atomic E-state index is 13.5. The van der Waals surface area contributed by atoms with Crippen molar-refractivity contribution in [2.24, 2.45) is 17.1 Å². The Hall–Kier alpha value is -0.960. The van der Waals surface area contributed by atoms with Crippen LogP contribution in [0.15, 0.2) is 18.2 Å². The summed E-state index contributed by atoms with van der Waals surface area (Å²) in [6.45, 7) is 8.75. The van der Waals surface area contributed by atoms with Crippen molar-refractivity contribution < 1.29 is 8.78 Å². The van der Waals surface area contributed by atoms with E-state index in [9.17, 15) is 8.78 Å². The lowest BCUT2D eigenvalue weighted by Crippen LogP contribution is -2.27. The van der Waals surface area contributed by atoms with E-state index < -0.39 is 5.82 Å². The Morgan fingerprint density at radius 1 is 1.21 bits per heavy atom. The van der Waals surface area contributed by atoms with Gasteiger partial charge in [-0.25, -0.2) is 8.78 Å². The Kier molecular flexibility index (Phi) is 5.48. The van der Waals surface area contributed by atoms with Gasteiger partial charge in [0, 0.05) is 6.04 Å². The van der Waals surface area contributed by atoms with Crippen molar-refractivity contribution in [1.82, 2.24) is 0 Å². The second-order valence-corrected chi connectivity index (χ2v) is 6.81. The van der Waals surface area contributed by atoms with Gasteiger partial charge in [-0.1, -0.05) is 27.7 Å². The highest BCUT2D eigenvalue weighted by atomic mass is 19.1. The summed E-state index contributed by atoms with van der Waals surface area (Å²) in [6, 6.07) is 3.40. The molecule has 0 amide bonds. The van der Waals surface area contributed by atoms with Crippen LogP contribution in [0.25, 0.3) is 0 Å². The molecule has 2 N–H and O–H groups in total. The average molecular weight is 269 g/mol. The van der Waals surface area contributed by atoms with Gasteiger partial charge in [0.2, 0.25) is 0 Å². The van der Waals surface area contributed by atoms with Crippen molar-refractivity contribution in [3.63, 3.8) is 0 Å². The summed E-state index contributed by atoms with van der Waals surface area (Å²) >= 11 is 0. The number of rotatable bonds is 5. The topological polar surface area (TPSA) is 26.0 Å². The fourth-order valence-electron chi connectivity index (χ4n) is 2.71. The minimum Gasteiger partial charge on any atom is -0.327 e. The minimum atomic E-state index is -0.411. The zero-order valence-corrected chi connectivity index (χ0v) is 12.3. The summed E-state index contributed by atoms with van der Waals surface area (Å²) in [7, 11) is 0. The van der Waals surface area contributed by atoms with Crippen LogP contribution in [-0.4, -0.2) is 6.04 Å². The fourth-order valence-corrected chi connectivity index (χ4v) is 2.71. The molecular formula is C16H25F2N. The molecule has 0 bridgehead atoms. The largest absolute Gasteiger partial charge is 0.327 e. The van der Waals surface area contributed by atoms with Gasteiger partial charge in [-0.2, -0.15) is 0 Å². The zero-order valence-electron chi connectivity index (χ0n) is 12.3. The molecule has 0 fully saturated rings. The van der Waals surface area contributed by atoms with E-state index in [0.717, 1.165) is 25.0 Å². The number of hydrogen-bond donors (Lipinski definition) is 1. The Morgan fingerprint density at radius 3 is 2.42 bits per heavy atom. The molecule has 2 atom stereocenters. The van der Waals surface area contributed by atoms with Crippen LogP contribution in [0.1, 0.15) is 46.1 Å². The molecule has 1 aromatic rings. The summed E-state index contributed by atoms with van der Waals surface area (Å²) in [5.74, 6) is -0.307. The number of hydrogen-bond acceptors (Lipinski definition) is 1. The molecule has 0 spiro atoms. The van der Waals surface area contributed by atoms with Gasteiger partial charge in [0.15, 0.2) is 0 Å². The van der Waals surface area contributed by atoms with Gasteiger partial charge >= 0.3 is 0 Å². The molecule has 0 aliphatic carbocycles. The molecule has 0 saturated heterocycles. The molecule has 0 radical (unpaired) electrons. The van der Waals surface area contributed by atoms with E-state index in [1.165, 1.54) is 6.07 Å². The SMILES string of the molecule is CC(CC(N)Cc1cc(F)ccc1F)CC(C)(C)C. The molecule has 2 unspecified atom stereocenters. The lowest BCUT2D eigenvalue weighted by atomic mass is 9.82. The van der Waals surface area contributed by atoms with Crippen LogP contribution in [0.5, 0.6) is 0 Å². The first-order chi connectivity index (χ1) is 8.67. The van der Waals surface area contributed by atoms with E-state index in [0.29, 0.717) is 17.9 Å². The third-order valence-electron chi connectivity index (χ3n) is 3.16. The van der Waals surface area contributed by atoms with Gasteiger partial charge in [0.25, 0.3) is 0 Å². The molecule has 1 nitrogen and oxygen atoms in total. The molecule has 1 rings (SSSR count). The summed E-state index contributed by atoms with van der Waals surface area (Å²) < 4.78 is 26.6. The van der Waals surface area contributed by atoms with Gasteiger partial charge in [0.05, 0.1) is 0 Å². The standard InChI is InChI=1S/C16H25F2N/c1-11(10-16(2,3)4)7-14(19)9-12-8-13(17)5-6-15(12)18/h5-6,8,11,14H,7,9-10,19H2,1-4H3. The maximum Gasteiger partial charge on any atom is 0.126 e. The highest BCUT2D eigenvalue weighted by Gasteiger charge is 2.18. The van der Waals surface area contributed by atoms with Crippen molar-refractivity contribution in [2.45, 2.75) is 53.0 Å². The van der Waals surface area contributed by atoms with Crippen LogP contribution >= 0.6 is 0 Å². The van der Waals surface area contributed by atoms with Crippen LogP contribution in [0.3, 0.4) is 0 Å². The zero-order chi connectivity index (χ0) is 14.6. The van der Waals surface area contributed by atoms with E-state index in [-0.39, 0.29) is 17.3 Å². The van der Waals surface area contributed by atoms with Crippen LogP contribution in [0.2, 0.25) is 0 Å². The predicted octanol–water partition coefficient (Wildman–Crippen LogP) is 4.30. The first kappa shape index (κ1) is 16.1. The second-order valence-electron chi connectivity index (χ2n) is 6.81. The second kappa shape index (κ2) is 6.47. The van der Waals surface area contributed by atoms with Crippen molar-refractivity contribution in [3.05, 3.63) is 35.4 Å². The van der Waals surface area contributed by atoms with Gasteiger partial charge in [-0.15, -0.1) is 0 Å². The van der Waals surface area contributed by atoms with Crippen LogP contribution in [0, 0.1) is 23.0 Å². The Balaban J connectivity index is 2.55. The van der Waals surface area contributed by atoms with Gasteiger partial charge < -0.3 is 5.73 Å². The minimum absolute atomic E-state index is 0.131. The van der Waals surface area contributed by atoms with Crippen molar-refractivity contribution >= 4 is 0 Å². The molecule has 0 aliphatic rings. The maximum atomic E-state index is 13.5. The molecule has 1 aromatic carbocycles. The van der Waals surface area contributed by atoms with E-state index in [1.54, 1.807) is 0 Å². The van der Waals surface area contributed by atoms with E-state index in [4.69, 9.17) is 5.73 Å². The molecule has 19 heavy (non-hydrogen) atoms. The van der Waals surface area contributed by atoms with Gasteiger partial charge in [-0.05, 0) is 54.4 Å².